The summed E-state index contributed by atoms with van der Waals surface area (Å²) in [6, 6.07) is 6.74. The van der Waals surface area contributed by atoms with Gasteiger partial charge in [-0.3, -0.25) is 0 Å². The monoisotopic (exact) mass is 393 g/mol. The standard InChI is InChI=1S/C15H17NO6S2.Na/c17-23(18,10-11-3-4-11)13-5-6-15(24(19,20)21)14(8-13)16-9-12-2-1-7-22-12;/h1-2,5-8,11,16H,3-4,9-10H2,(H,19,20,21);/q;+1/p-1. The van der Waals surface area contributed by atoms with Gasteiger partial charge in [0.05, 0.1) is 34.0 Å². The third-order valence-electron chi connectivity index (χ3n) is 3.76. The van der Waals surface area contributed by atoms with E-state index in [0.29, 0.717) is 5.76 Å². The van der Waals surface area contributed by atoms with Crippen LogP contribution in [0.15, 0.2) is 50.8 Å². The molecule has 0 saturated heterocycles. The Morgan fingerprint density at radius 3 is 2.44 bits per heavy atom. The molecule has 1 aromatic carbocycles. The predicted octanol–water partition coefficient (Wildman–Crippen LogP) is -1.02. The minimum Gasteiger partial charge on any atom is -0.744 e. The van der Waals surface area contributed by atoms with Crippen LogP contribution in [0.1, 0.15) is 18.6 Å². The van der Waals surface area contributed by atoms with E-state index in [-0.39, 0.29) is 58.4 Å². The van der Waals surface area contributed by atoms with Crippen LogP contribution in [0.2, 0.25) is 0 Å². The Morgan fingerprint density at radius 2 is 1.88 bits per heavy atom. The van der Waals surface area contributed by atoms with E-state index >= 15 is 0 Å². The molecule has 1 aliphatic rings. The first-order valence-electron chi connectivity index (χ1n) is 7.35. The summed E-state index contributed by atoms with van der Waals surface area (Å²) in [7, 11) is -8.25. The number of rotatable bonds is 7. The predicted molar refractivity (Wildman–Crippen MR) is 85.2 cm³/mol. The van der Waals surface area contributed by atoms with E-state index < -0.39 is 24.9 Å². The molecule has 1 aromatic heterocycles. The van der Waals surface area contributed by atoms with Crippen LogP contribution >= 0.6 is 0 Å². The van der Waals surface area contributed by atoms with E-state index in [1.54, 1.807) is 12.1 Å². The molecule has 10 heteroatoms. The molecule has 0 amide bonds. The molecule has 1 heterocycles. The van der Waals surface area contributed by atoms with Gasteiger partial charge in [-0.15, -0.1) is 0 Å². The maximum atomic E-state index is 12.4. The molecule has 0 atom stereocenters. The average molecular weight is 393 g/mol. The zero-order valence-electron chi connectivity index (χ0n) is 13.6. The molecule has 7 nitrogen and oxygen atoms in total. The molecule has 2 aromatic rings. The number of hydrogen-bond donors (Lipinski definition) is 1. The fourth-order valence-corrected chi connectivity index (χ4v) is 4.70. The Morgan fingerprint density at radius 1 is 1.16 bits per heavy atom. The minimum atomic E-state index is -4.74. The number of sulfone groups is 1. The van der Waals surface area contributed by atoms with Crippen molar-refractivity contribution in [3.8, 4) is 0 Å². The van der Waals surface area contributed by atoms with Gasteiger partial charge in [-0.05, 0) is 49.1 Å². The molecule has 0 unspecified atom stereocenters. The maximum absolute atomic E-state index is 12.4. The molecule has 1 N–H and O–H groups in total. The van der Waals surface area contributed by atoms with Crippen LogP contribution < -0.4 is 34.9 Å². The van der Waals surface area contributed by atoms with Crippen molar-refractivity contribution in [2.75, 3.05) is 11.1 Å². The number of furan rings is 1. The summed E-state index contributed by atoms with van der Waals surface area (Å²) in [5, 5.41) is 2.77. The van der Waals surface area contributed by atoms with Crippen molar-refractivity contribution < 1.29 is 55.4 Å². The van der Waals surface area contributed by atoms with Crippen molar-refractivity contribution in [3.05, 3.63) is 42.4 Å². The third-order valence-corrected chi connectivity index (χ3v) is 6.54. The first kappa shape index (κ1) is 20.5. The zero-order valence-corrected chi connectivity index (χ0v) is 17.3. The van der Waals surface area contributed by atoms with E-state index in [4.69, 9.17) is 4.42 Å². The van der Waals surface area contributed by atoms with Crippen molar-refractivity contribution in [2.24, 2.45) is 5.92 Å². The first-order valence-corrected chi connectivity index (χ1v) is 10.4. The van der Waals surface area contributed by atoms with Crippen molar-refractivity contribution in [2.45, 2.75) is 29.2 Å². The van der Waals surface area contributed by atoms with Gasteiger partial charge in [0.25, 0.3) is 0 Å². The van der Waals surface area contributed by atoms with Crippen LogP contribution in [0.4, 0.5) is 5.69 Å². The summed E-state index contributed by atoms with van der Waals surface area (Å²) in [4.78, 5) is -0.483. The summed E-state index contributed by atoms with van der Waals surface area (Å²) >= 11 is 0. The molecule has 130 valence electrons. The van der Waals surface area contributed by atoms with Crippen LogP contribution in [-0.4, -0.2) is 27.1 Å². The van der Waals surface area contributed by atoms with Crippen LogP contribution in [-0.2, 0) is 26.5 Å². The Hall–Kier alpha value is -0.840. The molecule has 1 aliphatic carbocycles. The summed E-state index contributed by atoms with van der Waals surface area (Å²) in [5.41, 5.74) is -0.0433. The molecule has 1 fully saturated rings. The van der Waals surface area contributed by atoms with Gasteiger partial charge >= 0.3 is 29.6 Å². The average Bonchev–Trinajstić information content (AvgIpc) is 3.14. The molecular formula is C15H16NNaO6S2. The topological polar surface area (TPSA) is 117 Å². The fraction of sp³-hybridized carbons (Fsp3) is 0.333. The SMILES string of the molecule is O=S(=O)([O-])c1ccc(S(=O)(=O)CC2CC2)cc1NCc1ccco1.[Na+]. The van der Waals surface area contributed by atoms with Crippen molar-refractivity contribution in [1.29, 1.82) is 0 Å². The van der Waals surface area contributed by atoms with Gasteiger partial charge in [0.1, 0.15) is 15.9 Å². The van der Waals surface area contributed by atoms with Crippen molar-refractivity contribution >= 4 is 25.6 Å². The van der Waals surface area contributed by atoms with Crippen LogP contribution in [0.3, 0.4) is 0 Å². The molecule has 3 rings (SSSR count). The van der Waals surface area contributed by atoms with Crippen molar-refractivity contribution in [1.82, 2.24) is 0 Å². The Kier molecular flexibility index (Phi) is 6.40. The number of nitrogens with one attached hydrogen (secondary N) is 1. The molecule has 0 aliphatic heterocycles. The zero-order chi connectivity index (χ0) is 17.4. The Bertz CT molecular complexity index is 934. The van der Waals surface area contributed by atoms with Crippen LogP contribution in [0.25, 0.3) is 0 Å². The Labute approximate surface area is 168 Å². The fourth-order valence-electron chi connectivity index (χ4n) is 2.35. The van der Waals surface area contributed by atoms with E-state index in [2.05, 4.69) is 5.32 Å². The van der Waals surface area contributed by atoms with Gasteiger partial charge in [0.15, 0.2) is 9.84 Å². The first-order chi connectivity index (χ1) is 11.3. The van der Waals surface area contributed by atoms with E-state index in [1.807, 2.05) is 0 Å². The van der Waals surface area contributed by atoms with Gasteiger partial charge in [0.2, 0.25) is 0 Å². The quantitative estimate of drug-likeness (QED) is 0.473. The van der Waals surface area contributed by atoms with Gasteiger partial charge in [-0.2, -0.15) is 0 Å². The molecule has 1 saturated carbocycles. The maximum Gasteiger partial charge on any atom is 1.00 e. The van der Waals surface area contributed by atoms with Crippen molar-refractivity contribution in [3.63, 3.8) is 0 Å². The smallest absolute Gasteiger partial charge is 0.744 e. The number of anilines is 1. The molecule has 25 heavy (non-hydrogen) atoms. The van der Waals surface area contributed by atoms with E-state index in [9.17, 15) is 21.4 Å². The summed E-state index contributed by atoms with van der Waals surface area (Å²) in [6.45, 7) is 0.127. The summed E-state index contributed by atoms with van der Waals surface area (Å²) < 4.78 is 64.0. The van der Waals surface area contributed by atoms with Gasteiger partial charge < -0.3 is 14.3 Å². The van der Waals surface area contributed by atoms with Gasteiger partial charge in [-0.25, -0.2) is 16.8 Å². The van der Waals surface area contributed by atoms with Crippen LogP contribution in [0.5, 0.6) is 0 Å². The van der Waals surface area contributed by atoms with E-state index in [1.165, 1.54) is 18.4 Å². The molecule has 0 bridgehead atoms. The third kappa shape index (κ3) is 5.32. The molecule has 0 spiro atoms. The van der Waals surface area contributed by atoms with Crippen LogP contribution in [0, 0.1) is 5.92 Å². The largest absolute Gasteiger partial charge is 1.00 e. The minimum absolute atomic E-state index is 0. The number of benzene rings is 1. The van der Waals surface area contributed by atoms with Gasteiger partial charge in [0, 0.05) is 0 Å². The molecule has 0 radical (unpaired) electrons. The summed E-state index contributed by atoms with van der Waals surface area (Å²) in [5.74, 6) is 0.724. The number of hydrogen-bond acceptors (Lipinski definition) is 7. The Balaban J connectivity index is 0.00000225. The summed E-state index contributed by atoms with van der Waals surface area (Å²) in [6.07, 6.45) is 3.23. The normalized spacial score (nSPS) is 14.8. The second-order valence-corrected chi connectivity index (χ2v) is 9.15. The molecular weight excluding hydrogens is 377 g/mol. The van der Waals surface area contributed by atoms with E-state index in [0.717, 1.165) is 18.9 Å². The second kappa shape index (κ2) is 7.81. The second-order valence-electron chi connectivity index (χ2n) is 5.77. The van der Waals surface area contributed by atoms with Gasteiger partial charge in [-0.1, -0.05) is 0 Å².